The summed E-state index contributed by atoms with van der Waals surface area (Å²) in [5, 5.41) is 14.4. The Bertz CT molecular complexity index is 924. The van der Waals surface area contributed by atoms with Gasteiger partial charge in [0.2, 0.25) is 5.75 Å². The predicted molar refractivity (Wildman–Crippen MR) is 91.2 cm³/mol. The van der Waals surface area contributed by atoms with Crippen LogP contribution in [0.1, 0.15) is 22.7 Å². The molecule has 8 heteroatoms. The van der Waals surface area contributed by atoms with E-state index in [2.05, 4.69) is 10.6 Å². The molecule has 2 aromatic rings. The van der Waals surface area contributed by atoms with E-state index in [4.69, 9.17) is 19.5 Å². The number of benzene rings is 2. The molecule has 2 amide bonds. The van der Waals surface area contributed by atoms with Crippen molar-refractivity contribution >= 4 is 11.7 Å². The number of anilines is 1. The first-order valence-corrected chi connectivity index (χ1v) is 7.64. The van der Waals surface area contributed by atoms with Crippen molar-refractivity contribution in [1.82, 2.24) is 5.32 Å². The predicted octanol–water partition coefficient (Wildman–Crippen LogP) is 2.95. The molecule has 2 aromatic carbocycles. The number of carbonyl (C=O) groups excluding carboxylic acids is 1. The highest BCUT2D eigenvalue weighted by Gasteiger charge is 2.34. The van der Waals surface area contributed by atoms with Gasteiger partial charge in [-0.15, -0.1) is 0 Å². The number of hydrogen-bond donors (Lipinski definition) is 2. The number of urea groups is 1. The second kappa shape index (κ2) is 6.80. The molecule has 1 aliphatic rings. The first kappa shape index (κ1) is 17.4. The second-order valence-electron chi connectivity index (χ2n) is 5.49. The fourth-order valence-electron chi connectivity index (χ4n) is 3.00. The molecular weight excluding hydrogens is 341 g/mol. The third-order valence-electron chi connectivity index (χ3n) is 4.12. The van der Waals surface area contributed by atoms with Gasteiger partial charge >= 0.3 is 6.03 Å². The number of nitrogens with one attached hydrogen (secondary N) is 2. The van der Waals surface area contributed by atoms with Crippen molar-refractivity contribution in [1.29, 1.82) is 5.26 Å². The summed E-state index contributed by atoms with van der Waals surface area (Å²) >= 11 is 0. The van der Waals surface area contributed by atoms with Crippen LogP contribution in [0.4, 0.5) is 14.9 Å². The minimum Gasteiger partial charge on any atom is -0.493 e. The number of ether oxygens (including phenoxy) is 3. The zero-order chi connectivity index (χ0) is 18.8. The molecule has 1 unspecified atom stereocenters. The molecule has 0 saturated carbocycles. The Morgan fingerprint density at radius 1 is 1.12 bits per heavy atom. The molecule has 2 N–H and O–H groups in total. The van der Waals surface area contributed by atoms with Crippen molar-refractivity contribution in [2.75, 3.05) is 26.6 Å². The Labute approximate surface area is 149 Å². The SMILES string of the molecule is COc1cc2c(c(OC)c1OC)C(c1cc(C#N)ccc1F)NC(=O)N2. The maximum atomic E-state index is 14.5. The van der Waals surface area contributed by atoms with Gasteiger partial charge in [0.25, 0.3) is 0 Å². The number of halogens is 1. The summed E-state index contributed by atoms with van der Waals surface area (Å²) in [5.74, 6) is 0.406. The highest BCUT2D eigenvalue weighted by atomic mass is 19.1. The van der Waals surface area contributed by atoms with E-state index in [1.807, 2.05) is 6.07 Å². The zero-order valence-corrected chi connectivity index (χ0v) is 14.3. The molecule has 0 aromatic heterocycles. The second-order valence-corrected chi connectivity index (χ2v) is 5.49. The van der Waals surface area contributed by atoms with Crippen LogP contribution in [-0.2, 0) is 0 Å². The van der Waals surface area contributed by atoms with Gasteiger partial charge in [-0.3, -0.25) is 0 Å². The van der Waals surface area contributed by atoms with Crippen LogP contribution >= 0.6 is 0 Å². The van der Waals surface area contributed by atoms with Gasteiger partial charge in [0.05, 0.1) is 44.7 Å². The molecule has 1 atom stereocenters. The lowest BCUT2D eigenvalue weighted by Crippen LogP contribution is -2.39. The summed E-state index contributed by atoms with van der Waals surface area (Å²) < 4.78 is 30.6. The van der Waals surface area contributed by atoms with Gasteiger partial charge in [-0.2, -0.15) is 5.26 Å². The van der Waals surface area contributed by atoms with E-state index < -0.39 is 17.9 Å². The van der Waals surface area contributed by atoms with Crippen LogP contribution in [0.25, 0.3) is 0 Å². The Kier molecular flexibility index (Phi) is 4.54. The van der Waals surface area contributed by atoms with Gasteiger partial charge < -0.3 is 24.8 Å². The van der Waals surface area contributed by atoms with E-state index in [0.717, 1.165) is 0 Å². The lowest BCUT2D eigenvalue weighted by Gasteiger charge is -2.30. The summed E-state index contributed by atoms with van der Waals surface area (Å²) in [6, 6.07) is 6.11. The largest absolute Gasteiger partial charge is 0.493 e. The average molecular weight is 357 g/mol. The van der Waals surface area contributed by atoms with Crippen LogP contribution in [0, 0.1) is 17.1 Å². The molecule has 0 spiro atoms. The fourth-order valence-corrected chi connectivity index (χ4v) is 3.00. The summed E-state index contributed by atoms with van der Waals surface area (Å²) in [7, 11) is 4.35. The molecule has 7 nitrogen and oxygen atoms in total. The molecule has 0 fully saturated rings. The number of rotatable bonds is 4. The lowest BCUT2D eigenvalue weighted by atomic mass is 9.92. The maximum absolute atomic E-state index is 14.5. The number of methoxy groups -OCH3 is 3. The van der Waals surface area contributed by atoms with E-state index in [1.54, 1.807) is 6.07 Å². The molecule has 0 aliphatic carbocycles. The van der Waals surface area contributed by atoms with Crippen LogP contribution in [0.3, 0.4) is 0 Å². The normalized spacial score (nSPS) is 15.2. The molecule has 0 radical (unpaired) electrons. The first-order chi connectivity index (χ1) is 12.5. The van der Waals surface area contributed by atoms with Crippen molar-refractivity contribution in [3.8, 4) is 23.3 Å². The van der Waals surface area contributed by atoms with Crippen molar-refractivity contribution < 1.29 is 23.4 Å². The fraction of sp³-hybridized carbons (Fsp3) is 0.222. The van der Waals surface area contributed by atoms with Crippen molar-refractivity contribution in [2.24, 2.45) is 0 Å². The van der Waals surface area contributed by atoms with E-state index in [1.165, 1.54) is 39.5 Å². The molecule has 134 valence electrons. The van der Waals surface area contributed by atoms with Gasteiger partial charge in [-0.1, -0.05) is 0 Å². The van der Waals surface area contributed by atoms with Crippen molar-refractivity contribution in [3.05, 3.63) is 46.8 Å². The summed E-state index contributed by atoms with van der Waals surface area (Å²) in [4.78, 5) is 12.1. The maximum Gasteiger partial charge on any atom is 0.320 e. The molecular formula is C18H16FN3O4. The summed E-state index contributed by atoms with van der Waals surface area (Å²) in [5.41, 5.74) is 1.29. The van der Waals surface area contributed by atoms with Gasteiger partial charge in [-0.05, 0) is 18.2 Å². The van der Waals surface area contributed by atoms with Crippen LogP contribution < -0.4 is 24.8 Å². The topological polar surface area (TPSA) is 92.6 Å². The van der Waals surface area contributed by atoms with E-state index in [0.29, 0.717) is 28.5 Å². The molecule has 0 bridgehead atoms. The Balaban J connectivity index is 2.30. The molecule has 0 saturated heterocycles. The Hall–Kier alpha value is -3.47. The lowest BCUT2D eigenvalue weighted by molar-refractivity contribution is 0.248. The highest BCUT2D eigenvalue weighted by molar-refractivity contribution is 5.95. The van der Waals surface area contributed by atoms with Crippen LogP contribution in [-0.4, -0.2) is 27.4 Å². The number of nitriles is 1. The van der Waals surface area contributed by atoms with Crippen molar-refractivity contribution in [3.63, 3.8) is 0 Å². The molecule has 1 heterocycles. The minimum atomic E-state index is -0.873. The highest BCUT2D eigenvalue weighted by Crippen LogP contribution is 2.49. The van der Waals surface area contributed by atoms with E-state index >= 15 is 0 Å². The van der Waals surface area contributed by atoms with Crippen LogP contribution in [0.2, 0.25) is 0 Å². The molecule has 1 aliphatic heterocycles. The number of amides is 2. The van der Waals surface area contributed by atoms with Crippen LogP contribution in [0.5, 0.6) is 17.2 Å². The number of carbonyl (C=O) groups is 1. The monoisotopic (exact) mass is 357 g/mol. The summed E-state index contributed by atoms with van der Waals surface area (Å²) in [6.45, 7) is 0. The van der Waals surface area contributed by atoms with Gasteiger partial charge in [0, 0.05) is 17.2 Å². The van der Waals surface area contributed by atoms with Crippen molar-refractivity contribution in [2.45, 2.75) is 6.04 Å². The molecule has 26 heavy (non-hydrogen) atoms. The van der Waals surface area contributed by atoms with E-state index in [-0.39, 0.29) is 11.1 Å². The smallest absolute Gasteiger partial charge is 0.320 e. The number of hydrogen-bond acceptors (Lipinski definition) is 5. The first-order valence-electron chi connectivity index (χ1n) is 7.64. The number of fused-ring (bicyclic) bond motifs is 1. The zero-order valence-electron chi connectivity index (χ0n) is 14.3. The van der Waals surface area contributed by atoms with E-state index in [9.17, 15) is 9.18 Å². The average Bonchev–Trinajstić information content (AvgIpc) is 2.65. The summed E-state index contributed by atoms with van der Waals surface area (Å²) in [6.07, 6.45) is 0. The minimum absolute atomic E-state index is 0.144. The number of nitrogens with zero attached hydrogens (tertiary/aromatic N) is 1. The van der Waals surface area contributed by atoms with Gasteiger partial charge in [-0.25, -0.2) is 9.18 Å². The Morgan fingerprint density at radius 2 is 1.85 bits per heavy atom. The van der Waals surface area contributed by atoms with Crippen LogP contribution in [0.15, 0.2) is 24.3 Å². The van der Waals surface area contributed by atoms with Gasteiger partial charge in [0.1, 0.15) is 5.82 Å². The van der Waals surface area contributed by atoms with Gasteiger partial charge in [0.15, 0.2) is 11.5 Å². The third kappa shape index (κ3) is 2.73. The third-order valence-corrected chi connectivity index (χ3v) is 4.12. The standard InChI is InChI=1S/C18H16FN3O4/c1-24-13-7-12-14(17(26-3)16(13)25-2)15(22-18(23)21-12)10-6-9(8-20)4-5-11(10)19/h4-7,15H,1-3H3,(H2,21,22,23). The molecule has 3 rings (SSSR count). The quantitative estimate of drug-likeness (QED) is 0.878. The Morgan fingerprint density at radius 3 is 2.46 bits per heavy atom.